The Kier molecular flexibility index (Phi) is 11.1. The summed E-state index contributed by atoms with van der Waals surface area (Å²) in [7, 11) is -1.37. The van der Waals surface area contributed by atoms with E-state index in [1.54, 1.807) is 0 Å². The number of rotatable bonds is 6. The first kappa shape index (κ1) is 24.4. The molecule has 0 fully saturated rings. The third kappa shape index (κ3) is 8.16. The summed E-state index contributed by atoms with van der Waals surface area (Å²) in [6.07, 6.45) is 1.01. The summed E-state index contributed by atoms with van der Waals surface area (Å²) in [5.74, 6) is -1.04. The summed E-state index contributed by atoms with van der Waals surface area (Å²) in [5.41, 5.74) is 11.8. The van der Waals surface area contributed by atoms with Crippen molar-refractivity contribution in [3.63, 3.8) is 0 Å². The molecular weight excluding hydrogens is 354 g/mol. The van der Waals surface area contributed by atoms with Crippen LogP contribution in [-0.4, -0.2) is 40.2 Å². The summed E-state index contributed by atoms with van der Waals surface area (Å²) >= 11 is 0. The number of fused-ring (bicyclic) bond motifs is 1. The van der Waals surface area contributed by atoms with Gasteiger partial charge in [0, 0.05) is 5.94 Å². The van der Waals surface area contributed by atoms with Crippen LogP contribution in [0.3, 0.4) is 0 Å². The van der Waals surface area contributed by atoms with Crippen LogP contribution in [0, 0.1) is 5.92 Å². The highest BCUT2D eigenvalue weighted by molar-refractivity contribution is 6.43. The second-order valence-corrected chi connectivity index (χ2v) is 6.49. The van der Waals surface area contributed by atoms with Crippen LogP contribution in [0.5, 0.6) is 0 Å². The van der Waals surface area contributed by atoms with Gasteiger partial charge in [-0.15, -0.1) is 12.4 Å². The number of aliphatic carboxylic acids is 1. The van der Waals surface area contributed by atoms with Gasteiger partial charge in [0.15, 0.2) is 0 Å². The molecule has 144 valence electrons. The van der Waals surface area contributed by atoms with Gasteiger partial charge >= 0.3 is 13.1 Å². The maximum Gasteiger partial charge on any atom is 0.469 e. The van der Waals surface area contributed by atoms with Crippen LogP contribution in [0.1, 0.15) is 25.8 Å². The number of halogens is 1. The zero-order chi connectivity index (χ0) is 19.0. The van der Waals surface area contributed by atoms with E-state index in [0.29, 0.717) is 18.8 Å². The van der Waals surface area contributed by atoms with Crippen LogP contribution in [0.15, 0.2) is 42.5 Å². The second-order valence-electron chi connectivity index (χ2n) is 6.49. The average Bonchev–Trinajstić information content (AvgIpc) is 2.55. The summed E-state index contributed by atoms with van der Waals surface area (Å²) in [4.78, 5) is 10.7. The van der Waals surface area contributed by atoms with E-state index in [1.165, 1.54) is 0 Å². The molecule has 7 N–H and O–H groups in total. The van der Waals surface area contributed by atoms with Gasteiger partial charge in [-0.1, -0.05) is 56.3 Å². The normalized spacial score (nSPS) is 12.6. The first-order valence-electron chi connectivity index (χ1n) is 8.29. The van der Waals surface area contributed by atoms with Crippen molar-refractivity contribution in [2.45, 2.75) is 38.7 Å². The molecule has 0 radical (unpaired) electrons. The molecule has 6 nitrogen and oxygen atoms in total. The molecule has 26 heavy (non-hydrogen) atoms. The van der Waals surface area contributed by atoms with E-state index in [1.807, 2.05) is 56.3 Å². The number of carboxylic acid groups (broad SMARTS) is 1. The molecule has 2 rings (SSSR count). The molecule has 0 heterocycles. The molecule has 0 saturated carbocycles. The standard InChI is InChI=1S/C13H13NO2.C5H14BNO2.ClH/c14-12(13(15)16)8-10-6-3-5-9-4-1-2-7-11(9)10;1-4(2)3-5(7)6(8)9;/h1-7,12H,8,14H2,(H,15,16);4-5,8-9H,3,7H2,1-2H3;1H/t12-;5-;/m00./s1. The summed E-state index contributed by atoms with van der Waals surface area (Å²) in [6, 6.07) is 12.9. The molecule has 0 unspecified atom stereocenters. The number of carbonyl (C=O) groups is 1. The largest absolute Gasteiger partial charge is 0.480 e. The quantitative estimate of drug-likeness (QED) is 0.482. The van der Waals surface area contributed by atoms with Crippen molar-refractivity contribution < 1.29 is 19.9 Å². The highest BCUT2D eigenvalue weighted by Gasteiger charge is 2.18. The molecule has 2 aromatic rings. The topological polar surface area (TPSA) is 130 Å². The molecule has 0 aliphatic heterocycles. The molecule has 0 spiro atoms. The van der Waals surface area contributed by atoms with E-state index in [4.69, 9.17) is 26.6 Å². The highest BCUT2D eigenvalue weighted by atomic mass is 35.5. The van der Waals surface area contributed by atoms with Gasteiger partial charge < -0.3 is 26.6 Å². The molecule has 2 aromatic carbocycles. The van der Waals surface area contributed by atoms with Gasteiger partial charge in [0.25, 0.3) is 0 Å². The van der Waals surface area contributed by atoms with Crippen LogP contribution >= 0.6 is 12.4 Å². The molecule has 0 saturated heterocycles. The molecule has 0 amide bonds. The average molecular weight is 383 g/mol. The molecule has 0 bridgehead atoms. The van der Waals surface area contributed by atoms with Gasteiger partial charge in [0.1, 0.15) is 6.04 Å². The molecular formula is C18H28BClN2O4. The van der Waals surface area contributed by atoms with E-state index in [2.05, 4.69) is 0 Å². The first-order valence-corrected chi connectivity index (χ1v) is 8.29. The summed E-state index contributed by atoms with van der Waals surface area (Å²) in [6.45, 7) is 3.98. The Hall–Kier alpha value is -1.64. The van der Waals surface area contributed by atoms with E-state index in [0.717, 1.165) is 16.3 Å². The van der Waals surface area contributed by atoms with Gasteiger partial charge in [0.05, 0.1) is 0 Å². The van der Waals surface area contributed by atoms with Gasteiger partial charge in [-0.05, 0) is 35.1 Å². The highest BCUT2D eigenvalue weighted by Crippen LogP contribution is 2.19. The van der Waals surface area contributed by atoms with Crippen molar-refractivity contribution >= 4 is 36.3 Å². The van der Waals surface area contributed by atoms with Gasteiger partial charge in [-0.2, -0.15) is 0 Å². The van der Waals surface area contributed by atoms with Crippen molar-refractivity contribution in [2.75, 3.05) is 0 Å². The predicted molar refractivity (Wildman–Crippen MR) is 108 cm³/mol. The van der Waals surface area contributed by atoms with Crippen LogP contribution in [0.2, 0.25) is 0 Å². The van der Waals surface area contributed by atoms with Crippen molar-refractivity contribution in [1.29, 1.82) is 0 Å². The van der Waals surface area contributed by atoms with Crippen LogP contribution in [0.25, 0.3) is 10.8 Å². The number of nitrogens with two attached hydrogens (primary N) is 2. The third-order valence-corrected chi connectivity index (χ3v) is 3.76. The zero-order valence-electron chi connectivity index (χ0n) is 15.1. The lowest BCUT2D eigenvalue weighted by Crippen LogP contribution is -2.39. The Bertz CT molecular complexity index is 680. The lowest BCUT2D eigenvalue weighted by Gasteiger charge is -2.11. The van der Waals surface area contributed by atoms with Gasteiger partial charge in [-0.25, -0.2) is 0 Å². The zero-order valence-corrected chi connectivity index (χ0v) is 15.9. The Balaban J connectivity index is 0.000000543. The maximum absolute atomic E-state index is 10.7. The minimum absolute atomic E-state index is 0. The summed E-state index contributed by atoms with van der Waals surface area (Å²) in [5, 5.41) is 28.0. The monoisotopic (exact) mass is 382 g/mol. The van der Waals surface area contributed by atoms with E-state index in [-0.39, 0.29) is 12.4 Å². The Labute approximate surface area is 160 Å². The fourth-order valence-electron chi connectivity index (χ4n) is 2.46. The maximum atomic E-state index is 10.7. The van der Waals surface area contributed by atoms with Crippen LogP contribution < -0.4 is 11.5 Å². The Morgan fingerprint density at radius 3 is 2.15 bits per heavy atom. The number of hydrogen-bond donors (Lipinski definition) is 5. The van der Waals surface area contributed by atoms with Crippen molar-refractivity contribution in [1.82, 2.24) is 0 Å². The smallest absolute Gasteiger partial charge is 0.469 e. The predicted octanol–water partition coefficient (Wildman–Crippen LogP) is 1.59. The van der Waals surface area contributed by atoms with E-state index >= 15 is 0 Å². The molecule has 8 heteroatoms. The Morgan fingerprint density at radius 1 is 1.08 bits per heavy atom. The van der Waals surface area contributed by atoms with Crippen LogP contribution in [-0.2, 0) is 11.2 Å². The Morgan fingerprint density at radius 2 is 1.65 bits per heavy atom. The molecule has 2 atom stereocenters. The van der Waals surface area contributed by atoms with Crippen molar-refractivity contribution in [2.24, 2.45) is 17.4 Å². The van der Waals surface area contributed by atoms with Crippen LogP contribution in [0.4, 0.5) is 0 Å². The molecule has 0 aliphatic carbocycles. The first-order chi connectivity index (χ1) is 11.7. The third-order valence-electron chi connectivity index (χ3n) is 3.76. The fraction of sp³-hybridized carbons (Fsp3) is 0.389. The fourth-order valence-corrected chi connectivity index (χ4v) is 2.46. The minimum Gasteiger partial charge on any atom is -0.480 e. The van der Waals surface area contributed by atoms with E-state index < -0.39 is 25.1 Å². The molecule has 0 aromatic heterocycles. The van der Waals surface area contributed by atoms with Crippen molar-refractivity contribution in [3.8, 4) is 0 Å². The van der Waals surface area contributed by atoms with Gasteiger partial charge in [0.2, 0.25) is 0 Å². The van der Waals surface area contributed by atoms with Gasteiger partial charge in [-0.3, -0.25) is 4.79 Å². The lowest BCUT2D eigenvalue weighted by molar-refractivity contribution is -0.138. The van der Waals surface area contributed by atoms with E-state index in [9.17, 15) is 4.79 Å². The molecule has 0 aliphatic rings. The minimum atomic E-state index is -1.37. The second kappa shape index (κ2) is 11.9. The number of hydrogen-bond acceptors (Lipinski definition) is 5. The lowest BCUT2D eigenvalue weighted by atomic mass is 9.76. The number of carboxylic acids is 1. The SMILES string of the molecule is CC(C)C[C@H](N)B(O)O.Cl.N[C@@H](Cc1cccc2ccccc12)C(=O)O. The van der Waals surface area contributed by atoms with Crippen molar-refractivity contribution in [3.05, 3.63) is 48.0 Å². The summed E-state index contributed by atoms with van der Waals surface area (Å²) < 4.78 is 0. The number of benzene rings is 2.